The van der Waals surface area contributed by atoms with Crippen LogP contribution in [-0.4, -0.2) is 20.2 Å². The molecule has 1 unspecified atom stereocenters. The first-order chi connectivity index (χ1) is 16.9. The fourth-order valence-electron chi connectivity index (χ4n) is 4.36. The Morgan fingerprint density at radius 1 is 0.914 bits per heavy atom. The van der Waals surface area contributed by atoms with Crippen molar-refractivity contribution in [3.8, 4) is 11.4 Å². The molecule has 1 atom stereocenters. The summed E-state index contributed by atoms with van der Waals surface area (Å²) in [6.45, 7) is 9.04. The van der Waals surface area contributed by atoms with Crippen molar-refractivity contribution in [2.45, 2.75) is 40.3 Å². The zero-order valence-corrected chi connectivity index (χ0v) is 21.2. The van der Waals surface area contributed by atoms with Crippen LogP contribution in [-0.2, 0) is 6.54 Å². The maximum Gasteiger partial charge on any atom is 0.258 e. The van der Waals surface area contributed by atoms with Crippen LogP contribution in [0.25, 0.3) is 17.0 Å². The molecule has 1 aromatic heterocycles. The molecule has 4 aromatic rings. The average molecular weight is 481 g/mol. The van der Waals surface area contributed by atoms with Crippen molar-refractivity contribution >= 4 is 22.9 Å². The van der Waals surface area contributed by atoms with Gasteiger partial charge >= 0.3 is 0 Å². The van der Waals surface area contributed by atoms with Crippen molar-refractivity contribution in [3.05, 3.63) is 112 Å². The van der Waals surface area contributed by atoms with Crippen LogP contribution in [0.2, 0.25) is 0 Å². The van der Waals surface area contributed by atoms with Crippen molar-refractivity contribution < 1.29 is 4.52 Å². The number of nitrogens with zero attached hydrogens (tertiary/aromatic N) is 3. The zero-order chi connectivity index (χ0) is 24.5. The minimum Gasteiger partial charge on any atom is -0.351 e. The second-order valence-corrected chi connectivity index (χ2v) is 9.47. The Morgan fingerprint density at radius 3 is 2.37 bits per heavy atom. The lowest BCUT2D eigenvalue weighted by atomic mass is 9.92. The van der Waals surface area contributed by atoms with Gasteiger partial charge in [0.1, 0.15) is 0 Å². The Morgan fingerprint density at radius 2 is 1.66 bits per heavy atom. The molecule has 2 heterocycles. The van der Waals surface area contributed by atoms with Crippen LogP contribution in [0.1, 0.15) is 46.7 Å². The van der Waals surface area contributed by atoms with Gasteiger partial charge in [0.05, 0.1) is 11.6 Å². The minimum absolute atomic E-state index is 0.194. The number of benzene rings is 3. The van der Waals surface area contributed by atoms with E-state index < -0.39 is 0 Å². The third kappa shape index (κ3) is 4.62. The second kappa shape index (κ2) is 9.47. The summed E-state index contributed by atoms with van der Waals surface area (Å²) in [6.07, 6.45) is 0. The first-order valence-electron chi connectivity index (χ1n) is 11.7. The molecule has 35 heavy (non-hydrogen) atoms. The Labute approximate surface area is 211 Å². The van der Waals surface area contributed by atoms with Crippen LogP contribution in [0.15, 0.2) is 83.0 Å². The van der Waals surface area contributed by atoms with Crippen molar-refractivity contribution in [1.29, 1.82) is 0 Å². The average Bonchev–Trinajstić information content (AvgIpc) is 3.34. The maximum absolute atomic E-state index is 5.87. The number of aromatic nitrogens is 2. The molecule has 0 amide bonds. The van der Waals surface area contributed by atoms with Gasteiger partial charge in [-0.25, -0.2) is 0 Å². The first-order valence-corrected chi connectivity index (χ1v) is 12.1. The molecule has 3 aromatic carbocycles. The zero-order valence-electron chi connectivity index (χ0n) is 20.4. The van der Waals surface area contributed by atoms with E-state index in [-0.39, 0.29) is 6.04 Å². The van der Waals surface area contributed by atoms with Crippen molar-refractivity contribution in [2.75, 3.05) is 0 Å². The molecule has 0 saturated carbocycles. The molecule has 0 fully saturated rings. The molecule has 0 aliphatic carbocycles. The highest BCUT2D eigenvalue weighted by Gasteiger charge is 2.34. The van der Waals surface area contributed by atoms with Crippen LogP contribution < -0.4 is 5.32 Å². The van der Waals surface area contributed by atoms with E-state index in [1.165, 1.54) is 22.3 Å². The maximum atomic E-state index is 5.87. The highest BCUT2D eigenvalue weighted by Crippen LogP contribution is 2.38. The summed E-state index contributed by atoms with van der Waals surface area (Å²) in [6, 6.07) is 24.7. The first kappa shape index (κ1) is 23.0. The van der Waals surface area contributed by atoms with Gasteiger partial charge in [-0.2, -0.15) is 4.98 Å². The molecule has 0 saturated heterocycles. The van der Waals surface area contributed by atoms with Gasteiger partial charge in [-0.1, -0.05) is 83.5 Å². The molecule has 6 heteroatoms. The van der Waals surface area contributed by atoms with Gasteiger partial charge in [0.15, 0.2) is 5.11 Å². The molecule has 1 N–H and O–H groups in total. The quantitative estimate of drug-likeness (QED) is 0.328. The van der Waals surface area contributed by atoms with Gasteiger partial charge in [-0.15, -0.1) is 0 Å². The normalized spacial score (nSPS) is 15.9. The molecule has 0 spiro atoms. The number of hydrogen-bond acceptors (Lipinski definition) is 4. The van der Waals surface area contributed by atoms with E-state index in [1.54, 1.807) is 0 Å². The molecule has 1 aliphatic rings. The highest BCUT2D eigenvalue weighted by atomic mass is 32.1. The number of thiocarbonyl (C=S) groups is 1. The van der Waals surface area contributed by atoms with Crippen LogP contribution in [0.4, 0.5) is 0 Å². The Balaban J connectivity index is 1.61. The van der Waals surface area contributed by atoms with Crippen LogP contribution >= 0.6 is 12.2 Å². The summed E-state index contributed by atoms with van der Waals surface area (Å²) < 4.78 is 5.87. The Hall–Kier alpha value is -3.77. The standard InChI is InChI=1S/C29H28N4OS/c1-18-10-13-23(14-11-18)27-31-28(34-32-27)25-21(4)33(17-22-8-6-5-7-9-22)29(35)30-26(25)24-15-12-19(2)20(3)16-24/h5-16,26H,17H2,1-4H3,(H,30,35). The lowest BCUT2D eigenvalue weighted by molar-refractivity contribution is 0.396. The summed E-state index contributed by atoms with van der Waals surface area (Å²) in [5, 5.41) is 8.55. The van der Waals surface area contributed by atoms with Crippen LogP contribution in [0, 0.1) is 20.8 Å². The van der Waals surface area contributed by atoms with Gasteiger partial charge in [0.25, 0.3) is 5.89 Å². The van der Waals surface area contributed by atoms with E-state index in [1.807, 2.05) is 30.3 Å². The SMILES string of the molecule is CC1=C(c2nc(-c3ccc(C)cc3)no2)C(c2ccc(C)c(C)c2)NC(=S)N1Cc1ccccc1. The van der Waals surface area contributed by atoms with Crippen LogP contribution in [0.5, 0.6) is 0 Å². The van der Waals surface area contributed by atoms with Gasteiger partial charge in [0, 0.05) is 17.8 Å². The molecule has 176 valence electrons. The fraction of sp³-hybridized carbons (Fsp3) is 0.207. The van der Waals surface area contributed by atoms with E-state index in [2.05, 4.69) is 85.5 Å². The molecule has 0 radical (unpaired) electrons. The molecule has 5 nitrogen and oxygen atoms in total. The number of hydrogen-bond donors (Lipinski definition) is 1. The summed E-state index contributed by atoms with van der Waals surface area (Å²) >= 11 is 5.85. The number of rotatable bonds is 5. The van der Waals surface area contributed by atoms with Crippen LogP contribution in [0.3, 0.4) is 0 Å². The predicted molar refractivity (Wildman–Crippen MR) is 143 cm³/mol. The Kier molecular flexibility index (Phi) is 6.22. The largest absolute Gasteiger partial charge is 0.351 e. The molecular weight excluding hydrogens is 452 g/mol. The summed E-state index contributed by atoms with van der Waals surface area (Å²) in [5.74, 6) is 1.07. The molecule has 0 bridgehead atoms. The predicted octanol–water partition coefficient (Wildman–Crippen LogP) is 6.52. The lowest BCUT2D eigenvalue weighted by Gasteiger charge is -2.37. The summed E-state index contributed by atoms with van der Waals surface area (Å²) in [5.41, 5.74) is 8.80. The van der Waals surface area contributed by atoms with Gasteiger partial charge in [-0.05, 0) is 62.2 Å². The van der Waals surface area contributed by atoms with E-state index in [4.69, 9.17) is 21.7 Å². The Bertz CT molecular complexity index is 1410. The minimum atomic E-state index is -0.194. The number of aryl methyl sites for hydroxylation is 3. The third-order valence-electron chi connectivity index (χ3n) is 6.61. The monoisotopic (exact) mass is 480 g/mol. The number of allylic oxidation sites excluding steroid dienone is 1. The van der Waals surface area contributed by atoms with E-state index in [0.29, 0.717) is 23.4 Å². The molecule has 1 aliphatic heterocycles. The molecule has 5 rings (SSSR count). The smallest absolute Gasteiger partial charge is 0.258 e. The van der Waals surface area contributed by atoms with E-state index >= 15 is 0 Å². The summed E-state index contributed by atoms with van der Waals surface area (Å²) in [4.78, 5) is 6.93. The van der Waals surface area contributed by atoms with Crippen molar-refractivity contribution in [3.63, 3.8) is 0 Å². The fourth-order valence-corrected chi connectivity index (χ4v) is 4.68. The van der Waals surface area contributed by atoms with Crippen molar-refractivity contribution in [1.82, 2.24) is 20.4 Å². The van der Waals surface area contributed by atoms with Gasteiger partial charge in [0.2, 0.25) is 5.82 Å². The van der Waals surface area contributed by atoms with Crippen molar-refractivity contribution in [2.24, 2.45) is 0 Å². The van der Waals surface area contributed by atoms with Gasteiger partial charge in [-0.3, -0.25) is 0 Å². The van der Waals surface area contributed by atoms with Gasteiger partial charge < -0.3 is 14.7 Å². The third-order valence-corrected chi connectivity index (χ3v) is 6.95. The van der Waals surface area contributed by atoms with E-state index in [0.717, 1.165) is 22.4 Å². The van der Waals surface area contributed by atoms with E-state index in [9.17, 15) is 0 Å². The number of nitrogens with one attached hydrogen (secondary N) is 1. The topological polar surface area (TPSA) is 54.2 Å². The highest BCUT2D eigenvalue weighted by molar-refractivity contribution is 7.80. The lowest BCUT2D eigenvalue weighted by Crippen LogP contribution is -2.45. The summed E-state index contributed by atoms with van der Waals surface area (Å²) in [7, 11) is 0. The molecular formula is C29H28N4OS. The second-order valence-electron chi connectivity index (χ2n) is 9.09.